The molecule has 2 heterocycles. The van der Waals surface area contributed by atoms with Gasteiger partial charge in [0.2, 0.25) is 5.91 Å². The van der Waals surface area contributed by atoms with Crippen molar-refractivity contribution in [3.63, 3.8) is 0 Å². The van der Waals surface area contributed by atoms with E-state index in [2.05, 4.69) is 12.1 Å². The van der Waals surface area contributed by atoms with E-state index in [0.29, 0.717) is 6.42 Å². The smallest absolute Gasteiger partial charge is 0.227 e. The average molecular weight is 243 g/mol. The number of anilines is 1. The number of rotatable bonds is 2. The fourth-order valence-corrected chi connectivity index (χ4v) is 3.02. The van der Waals surface area contributed by atoms with Crippen LogP contribution in [0, 0.1) is 0 Å². The van der Waals surface area contributed by atoms with Crippen molar-refractivity contribution >= 4 is 22.9 Å². The third kappa shape index (κ3) is 1.87. The van der Waals surface area contributed by atoms with Crippen LogP contribution in [0.25, 0.3) is 0 Å². The topological polar surface area (TPSA) is 20.3 Å². The number of benzene rings is 1. The summed E-state index contributed by atoms with van der Waals surface area (Å²) in [4.78, 5) is 13.9. The fraction of sp³-hybridized carbons (Fsp3) is 0.214. The van der Waals surface area contributed by atoms with Crippen molar-refractivity contribution in [3.05, 3.63) is 52.7 Å². The number of hydrogen-bond acceptors (Lipinski definition) is 2. The van der Waals surface area contributed by atoms with Gasteiger partial charge in [-0.2, -0.15) is 11.3 Å². The van der Waals surface area contributed by atoms with E-state index < -0.39 is 0 Å². The molecule has 17 heavy (non-hydrogen) atoms. The monoisotopic (exact) mass is 243 g/mol. The Morgan fingerprint density at radius 1 is 1.18 bits per heavy atom. The largest absolute Gasteiger partial charge is 0.304 e. The van der Waals surface area contributed by atoms with Gasteiger partial charge in [0.05, 0.1) is 11.7 Å². The minimum atomic E-state index is 0.207. The standard InChI is InChI=1S/C14H13NOS/c16-14-7-6-13(11-4-2-1-3-5-11)15(14)12-8-9-17-10-12/h1-5,8-10,13H,6-7H2. The molecule has 86 valence electrons. The van der Waals surface area contributed by atoms with E-state index in [0.717, 1.165) is 12.1 Å². The second kappa shape index (κ2) is 4.34. The maximum Gasteiger partial charge on any atom is 0.227 e. The molecule has 0 N–H and O–H groups in total. The summed E-state index contributed by atoms with van der Waals surface area (Å²) in [5, 5.41) is 4.06. The van der Waals surface area contributed by atoms with Crippen molar-refractivity contribution in [1.29, 1.82) is 0 Å². The van der Waals surface area contributed by atoms with Gasteiger partial charge in [-0.25, -0.2) is 0 Å². The first-order valence-electron chi connectivity index (χ1n) is 5.75. The summed E-state index contributed by atoms with van der Waals surface area (Å²) >= 11 is 1.63. The minimum Gasteiger partial charge on any atom is -0.304 e. The van der Waals surface area contributed by atoms with Crippen LogP contribution < -0.4 is 4.90 Å². The summed E-state index contributed by atoms with van der Waals surface area (Å²) in [5.74, 6) is 0.234. The molecular weight excluding hydrogens is 230 g/mol. The lowest BCUT2D eigenvalue weighted by Crippen LogP contribution is -2.26. The van der Waals surface area contributed by atoms with Crippen molar-refractivity contribution in [1.82, 2.24) is 0 Å². The molecular formula is C14H13NOS. The highest BCUT2D eigenvalue weighted by molar-refractivity contribution is 7.08. The van der Waals surface area contributed by atoms with E-state index in [-0.39, 0.29) is 11.9 Å². The number of nitrogens with zero attached hydrogens (tertiary/aromatic N) is 1. The molecule has 1 unspecified atom stereocenters. The van der Waals surface area contributed by atoms with E-state index in [1.165, 1.54) is 5.56 Å². The maximum absolute atomic E-state index is 12.0. The Hall–Kier alpha value is -1.61. The molecule has 0 saturated carbocycles. The number of thiophene rings is 1. The lowest BCUT2D eigenvalue weighted by molar-refractivity contribution is -0.117. The number of hydrogen-bond donors (Lipinski definition) is 0. The lowest BCUT2D eigenvalue weighted by Gasteiger charge is -2.24. The van der Waals surface area contributed by atoms with Crippen molar-refractivity contribution in [2.75, 3.05) is 4.90 Å². The van der Waals surface area contributed by atoms with Crippen LogP contribution in [-0.4, -0.2) is 5.91 Å². The van der Waals surface area contributed by atoms with Gasteiger partial charge in [-0.05, 0) is 23.4 Å². The van der Waals surface area contributed by atoms with Gasteiger partial charge in [0.1, 0.15) is 0 Å². The molecule has 3 rings (SSSR count). The average Bonchev–Trinajstić information content (AvgIpc) is 2.99. The molecule has 0 spiro atoms. The summed E-state index contributed by atoms with van der Waals surface area (Å²) < 4.78 is 0. The Bertz CT molecular complexity index is 506. The van der Waals surface area contributed by atoms with Crippen LogP contribution in [0.1, 0.15) is 24.4 Å². The van der Waals surface area contributed by atoms with Gasteiger partial charge in [0.15, 0.2) is 0 Å². The molecule has 1 atom stereocenters. The summed E-state index contributed by atoms with van der Waals surface area (Å²) in [6, 6.07) is 12.5. The molecule has 1 saturated heterocycles. The first-order valence-corrected chi connectivity index (χ1v) is 6.70. The normalized spacial score (nSPS) is 19.9. The van der Waals surface area contributed by atoms with E-state index in [1.807, 2.05) is 39.9 Å². The maximum atomic E-state index is 12.0. The van der Waals surface area contributed by atoms with Crippen LogP contribution >= 0.6 is 11.3 Å². The molecule has 1 aliphatic rings. The van der Waals surface area contributed by atoms with Gasteiger partial charge in [0.25, 0.3) is 0 Å². The first-order chi connectivity index (χ1) is 8.36. The van der Waals surface area contributed by atoms with Gasteiger partial charge < -0.3 is 4.90 Å². The van der Waals surface area contributed by atoms with E-state index in [1.54, 1.807) is 11.3 Å². The first kappa shape index (κ1) is 10.5. The van der Waals surface area contributed by atoms with Crippen LogP contribution in [0.3, 0.4) is 0 Å². The summed E-state index contributed by atoms with van der Waals surface area (Å²) in [7, 11) is 0. The van der Waals surface area contributed by atoms with Crippen LogP contribution in [0.4, 0.5) is 5.69 Å². The number of carbonyl (C=O) groups excluding carboxylic acids is 1. The quantitative estimate of drug-likeness (QED) is 0.789. The Balaban J connectivity index is 1.98. The summed E-state index contributed by atoms with van der Waals surface area (Å²) in [6.45, 7) is 0. The zero-order valence-electron chi connectivity index (χ0n) is 9.37. The Kier molecular flexibility index (Phi) is 2.69. The number of carbonyl (C=O) groups is 1. The van der Waals surface area contributed by atoms with Gasteiger partial charge in [-0.3, -0.25) is 4.79 Å². The van der Waals surface area contributed by atoms with Crippen molar-refractivity contribution < 1.29 is 4.79 Å². The third-order valence-corrected chi connectivity index (χ3v) is 3.85. The molecule has 2 aromatic rings. The lowest BCUT2D eigenvalue weighted by atomic mass is 10.0. The predicted octanol–water partition coefficient (Wildman–Crippen LogP) is 3.62. The van der Waals surface area contributed by atoms with E-state index in [4.69, 9.17) is 0 Å². The zero-order valence-corrected chi connectivity index (χ0v) is 10.2. The fourth-order valence-electron chi connectivity index (χ4n) is 2.39. The second-order valence-electron chi connectivity index (χ2n) is 4.21. The molecule has 1 aliphatic heterocycles. The highest BCUT2D eigenvalue weighted by atomic mass is 32.1. The predicted molar refractivity (Wildman–Crippen MR) is 70.2 cm³/mol. The van der Waals surface area contributed by atoms with E-state index in [9.17, 15) is 4.79 Å². The minimum absolute atomic E-state index is 0.207. The summed E-state index contributed by atoms with van der Waals surface area (Å²) in [5.41, 5.74) is 2.26. The molecule has 0 aliphatic carbocycles. The van der Waals surface area contributed by atoms with Crippen molar-refractivity contribution in [2.24, 2.45) is 0 Å². The van der Waals surface area contributed by atoms with E-state index >= 15 is 0 Å². The van der Waals surface area contributed by atoms with Gasteiger partial charge >= 0.3 is 0 Å². The van der Waals surface area contributed by atoms with Crippen LogP contribution in [0.15, 0.2) is 47.2 Å². The zero-order chi connectivity index (χ0) is 11.7. The van der Waals surface area contributed by atoms with Crippen molar-refractivity contribution in [3.8, 4) is 0 Å². The second-order valence-corrected chi connectivity index (χ2v) is 4.99. The van der Waals surface area contributed by atoms with Gasteiger partial charge in [-0.15, -0.1) is 0 Å². The Labute approximate surface area is 105 Å². The molecule has 0 radical (unpaired) electrons. The highest BCUT2D eigenvalue weighted by Gasteiger charge is 2.33. The van der Waals surface area contributed by atoms with Crippen LogP contribution in [0.2, 0.25) is 0 Å². The molecule has 0 bridgehead atoms. The van der Waals surface area contributed by atoms with Gasteiger partial charge in [-0.1, -0.05) is 30.3 Å². The molecule has 1 fully saturated rings. The van der Waals surface area contributed by atoms with Crippen molar-refractivity contribution in [2.45, 2.75) is 18.9 Å². The molecule has 1 amide bonds. The molecule has 1 aromatic heterocycles. The Morgan fingerprint density at radius 2 is 2.00 bits per heavy atom. The third-order valence-electron chi connectivity index (χ3n) is 3.18. The van der Waals surface area contributed by atoms with Crippen LogP contribution in [0.5, 0.6) is 0 Å². The molecule has 2 nitrogen and oxygen atoms in total. The Morgan fingerprint density at radius 3 is 2.71 bits per heavy atom. The molecule has 3 heteroatoms. The molecule has 1 aromatic carbocycles. The van der Waals surface area contributed by atoms with Crippen LogP contribution in [-0.2, 0) is 4.79 Å². The SMILES string of the molecule is O=C1CCC(c2ccccc2)N1c1ccsc1. The highest BCUT2D eigenvalue weighted by Crippen LogP contribution is 2.37. The van der Waals surface area contributed by atoms with Gasteiger partial charge in [0, 0.05) is 11.8 Å². The number of amides is 1. The summed E-state index contributed by atoms with van der Waals surface area (Å²) in [6.07, 6.45) is 1.56.